The highest BCUT2D eigenvalue weighted by Crippen LogP contribution is 2.35. The molecule has 4 nitrogen and oxygen atoms in total. The average Bonchev–Trinajstić information content (AvgIpc) is 2.69. The maximum atomic E-state index is 9.96. The number of fused-ring (bicyclic) bond motifs is 1. The molecule has 0 spiro atoms. The summed E-state index contributed by atoms with van der Waals surface area (Å²) >= 11 is 6.10. The first-order valence-corrected chi connectivity index (χ1v) is 6.28. The molecule has 2 heterocycles. The highest BCUT2D eigenvalue weighted by molar-refractivity contribution is 6.30. The zero-order valence-corrected chi connectivity index (χ0v) is 10.4. The molecule has 94 valence electrons. The first-order valence-electron chi connectivity index (χ1n) is 5.90. The largest absolute Gasteiger partial charge is 0.508 e. The van der Waals surface area contributed by atoms with Crippen molar-refractivity contribution < 1.29 is 10.2 Å². The van der Waals surface area contributed by atoms with Crippen LogP contribution in [-0.2, 0) is 6.54 Å². The van der Waals surface area contributed by atoms with Crippen LogP contribution in [0.4, 0.5) is 0 Å². The predicted molar refractivity (Wildman–Crippen MR) is 68.5 cm³/mol. The summed E-state index contributed by atoms with van der Waals surface area (Å²) in [6.45, 7) is 0.808. The number of nitrogens with zero attached hydrogens (tertiary/aromatic N) is 2. The van der Waals surface area contributed by atoms with Gasteiger partial charge in [-0.25, -0.2) is 4.98 Å². The van der Waals surface area contributed by atoms with Gasteiger partial charge in [0, 0.05) is 12.1 Å². The summed E-state index contributed by atoms with van der Waals surface area (Å²) in [6.07, 6.45) is 1.09. The van der Waals surface area contributed by atoms with Crippen molar-refractivity contribution in [1.82, 2.24) is 9.55 Å². The summed E-state index contributed by atoms with van der Waals surface area (Å²) < 4.78 is 1.96. The third-order valence-electron chi connectivity index (χ3n) is 3.26. The molecule has 1 aliphatic rings. The van der Waals surface area contributed by atoms with Gasteiger partial charge in [-0.2, -0.15) is 0 Å². The van der Waals surface area contributed by atoms with Crippen LogP contribution >= 0.6 is 11.6 Å². The lowest BCUT2D eigenvalue weighted by atomic mass is 10.1. The summed E-state index contributed by atoms with van der Waals surface area (Å²) in [7, 11) is 0. The van der Waals surface area contributed by atoms with E-state index in [1.54, 1.807) is 24.3 Å². The van der Waals surface area contributed by atoms with E-state index in [0.717, 1.165) is 30.8 Å². The Hall–Kier alpha value is -1.52. The lowest BCUT2D eigenvalue weighted by molar-refractivity contribution is 0.139. The Morgan fingerprint density at radius 1 is 1.28 bits per heavy atom. The molecule has 5 heteroatoms. The lowest BCUT2D eigenvalue weighted by Crippen LogP contribution is -2.15. The Balaban J connectivity index is 2.13. The van der Waals surface area contributed by atoms with Gasteiger partial charge >= 0.3 is 0 Å². The van der Waals surface area contributed by atoms with Gasteiger partial charge in [0.05, 0.1) is 11.8 Å². The Morgan fingerprint density at radius 2 is 2.00 bits per heavy atom. The standard InChI is InChI=1S/C13H13ClN2O2/c14-12-11-10(18)2-1-7-16(11)13(15-12)8-3-5-9(17)6-4-8/h3-6,10,17-18H,1-2,7H2. The van der Waals surface area contributed by atoms with E-state index in [-0.39, 0.29) is 5.75 Å². The number of halogens is 1. The molecule has 0 radical (unpaired) electrons. The maximum Gasteiger partial charge on any atom is 0.153 e. The van der Waals surface area contributed by atoms with Gasteiger partial charge in [0.2, 0.25) is 0 Å². The van der Waals surface area contributed by atoms with Crippen molar-refractivity contribution in [2.24, 2.45) is 0 Å². The molecule has 18 heavy (non-hydrogen) atoms. The van der Waals surface area contributed by atoms with Gasteiger partial charge in [-0.15, -0.1) is 0 Å². The van der Waals surface area contributed by atoms with Gasteiger partial charge in [0.1, 0.15) is 11.6 Å². The molecule has 0 aliphatic carbocycles. The third-order valence-corrected chi connectivity index (χ3v) is 3.54. The number of hydrogen-bond acceptors (Lipinski definition) is 3. The molecule has 1 atom stereocenters. The quantitative estimate of drug-likeness (QED) is 0.833. The second-order valence-electron chi connectivity index (χ2n) is 4.47. The second kappa shape index (κ2) is 4.30. The first kappa shape index (κ1) is 11.6. The van der Waals surface area contributed by atoms with Gasteiger partial charge in [-0.05, 0) is 37.1 Å². The number of hydrogen-bond donors (Lipinski definition) is 2. The molecule has 2 N–H and O–H groups in total. The monoisotopic (exact) mass is 264 g/mol. The van der Waals surface area contributed by atoms with E-state index in [9.17, 15) is 10.2 Å². The Morgan fingerprint density at radius 3 is 2.72 bits per heavy atom. The molecule has 3 rings (SSSR count). The van der Waals surface area contributed by atoms with Crippen molar-refractivity contribution >= 4 is 11.6 Å². The predicted octanol–water partition coefficient (Wildman–Crippen LogP) is 2.74. The molecule has 0 saturated heterocycles. The van der Waals surface area contributed by atoms with Crippen LogP contribution in [0, 0.1) is 0 Å². The minimum atomic E-state index is -0.537. The number of aliphatic hydroxyl groups is 1. The molecule has 0 saturated carbocycles. The van der Waals surface area contributed by atoms with E-state index in [1.165, 1.54) is 0 Å². The van der Waals surface area contributed by atoms with Crippen LogP contribution in [0.2, 0.25) is 5.15 Å². The summed E-state index contributed by atoms with van der Waals surface area (Å²) in [5.74, 6) is 0.962. The molecular formula is C13H13ClN2O2. The molecule has 0 bridgehead atoms. The van der Waals surface area contributed by atoms with E-state index in [4.69, 9.17) is 11.6 Å². The zero-order chi connectivity index (χ0) is 12.7. The SMILES string of the molecule is Oc1ccc(-c2nc(Cl)c3n2CCCC3O)cc1. The van der Waals surface area contributed by atoms with Crippen LogP contribution in [0.1, 0.15) is 24.6 Å². The van der Waals surface area contributed by atoms with Gasteiger partial charge in [-0.1, -0.05) is 11.6 Å². The molecule has 1 aromatic heterocycles. The molecule has 0 fully saturated rings. The number of rotatable bonds is 1. The van der Waals surface area contributed by atoms with Crippen LogP contribution < -0.4 is 0 Å². The topological polar surface area (TPSA) is 58.3 Å². The van der Waals surface area contributed by atoms with Crippen molar-refractivity contribution in [2.45, 2.75) is 25.5 Å². The van der Waals surface area contributed by atoms with Crippen LogP contribution in [-0.4, -0.2) is 19.8 Å². The number of aliphatic hydroxyl groups excluding tert-OH is 1. The molecule has 1 aliphatic heterocycles. The fourth-order valence-electron chi connectivity index (χ4n) is 2.39. The fourth-order valence-corrected chi connectivity index (χ4v) is 2.70. The maximum absolute atomic E-state index is 9.96. The van der Waals surface area contributed by atoms with Crippen LogP contribution in [0.3, 0.4) is 0 Å². The Kier molecular flexibility index (Phi) is 2.76. The van der Waals surface area contributed by atoms with Gasteiger partial charge in [0.15, 0.2) is 5.15 Å². The molecule has 2 aromatic rings. The first-order chi connectivity index (χ1) is 8.66. The molecule has 1 unspecified atom stereocenters. The van der Waals surface area contributed by atoms with Crippen molar-refractivity contribution in [1.29, 1.82) is 0 Å². The molecular weight excluding hydrogens is 252 g/mol. The van der Waals surface area contributed by atoms with Gasteiger partial charge in [0.25, 0.3) is 0 Å². The van der Waals surface area contributed by atoms with E-state index in [0.29, 0.717) is 10.8 Å². The summed E-state index contributed by atoms with van der Waals surface area (Å²) in [4.78, 5) is 4.33. The number of aromatic nitrogens is 2. The number of phenolic OH excluding ortho intramolecular Hbond substituents is 1. The minimum Gasteiger partial charge on any atom is -0.508 e. The van der Waals surface area contributed by atoms with E-state index >= 15 is 0 Å². The highest BCUT2D eigenvalue weighted by atomic mass is 35.5. The van der Waals surface area contributed by atoms with Crippen LogP contribution in [0.5, 0.6) is 5.75 Å². The molecule has 1 aromatic carbocycles. The van der Waals surface area contributed by atoms with Crippen molar-refractivity contribution in [3.8, 4) is 17.1 Å². The van der Waals surface area contributed by atoms with E-state index < -0.39 is 6.10 Å². The van der Waals surface area contributed by atoms with Crippen molar-refractivity contribution in [2.75, 3.05) is 0 Å². The van der Waals surface area contributed by atoms with Crippen LogP contribution in [0.15, 0.2) is 24.3 Å². The number of aromatic hydroxyl groups is 1. The smallest absolute Gasteiger partial charge is 0.153 e. The Bertz CT molecular complexity index is 577. The fraction of sp³-hybridized carbons (Fsp3) is 0.308. The number of benzene rings is 1. The second-order valence-corrected chi connectivity index (χ2v) is 4.83. The number of imidazole rings is 1. The molecule has 0 amide bonds. The summed E-state index contributed by atoms with van der Waals surface area (Å²) in [5, 5.41) is 19.6. The third kappa shape index (κ3) is 1.78. The van der Waals surface area contributed by atoms with Crippen LogP contribution in [0.25, 0.3) is 11.4 Å². The minimum absolute atomic E-state index is 0.218. The average molecular weight is 265 g/mol. The summed E-state index contributed by atoms with van der Waals surface area (Å²) in [6, 6.07) is 6.82. The number of phenols is 1. The Labute approximate surface area is 109 Å². The normalized spacial score (nSPS) is 18.7. The van der Waals surface area contributed by atoms with Crippen molar-refractivity contribution in [3.05, 3.63) is 35.1 Å². The van der Waals surface area contributed by atoms with E-state index in [2.05, 4.69) is 4.98 Å². The zero-order valence-electron chi connectivity index (χ0n) is 9.67. The highest BCUT2D eigenvalue weighted by Gasteiger charge is 2.26. The van der Waals surface area contributed by atoms with E-state index in [1.807, 2.05) is 4.57 Å². The van der Waals surface area contributed by atoms with Gasteiger partial charge in [-0.3, -0.25) is 0 Å². The lowest BCUT2D eigenvalue weighted by Gasteiger charge is -2.21. The van der Waals surface area contributed by atoms with Gasteiger partial charge < -0.3 is 14.8 Å². The van der Waals surface area contributed by atoms with Crippen molar-refractivity contribution in [3.63, 3.8) is 0 Å². The summed E-state index contributed by atoms with van der Waals surface area (Å²) in [5.41, 5.74) is 1.58.